The van der Waals surface area contributed by atoms with Gasteiger partial charge in [-0.1, -0.05) is 36.4 Å². The quantitative estimate of drug-likeness (QED) is 0.457. The van der Waals surface area contributed by atoms with E-state index >= 15 is 0 Å². The Morgan fingerprint density at radius 3 is 2.50 bits per heavy atom. The smallest absolute Gasteiger partial charge is 0.180 e. The van der Waals surface area contributed by atoms with E-state index in [1.165, 1.54) is 6.07 Å². The summed E-state index contributed by atoms with van der Waals surface area (Å²) in [4.78, 5) is 0. The van der Waals surface area contributed by atoms with E-state index in [1.54, 1.807) is 49.6 Å². The topological polar surface area (TPSA) is 38.7 Å². The summed E-state index contributed by atoms with van der Waals surface area (Å²) >= 11 is 0. The molecule has 0 radical (unpaired) electrons. The van der Waals surface area contributed by atoms with Crippen LogP contribution in [0.4, 0.5) is 4.39 Å². The standard InChI is InChI=1S/C26H19FO3/c1-29-20-11-12-21-17(16-20)6-13-25-22(21)14-15-26(30-25,18-7-9-19(28)10-8-18)23-4-2-3-5-24(23)27/h2-16,28H,1H3. The molecular formula is C26H19FO3. The molecule has 5 rings (SSSR count). The first-order chi connectivity index (χ1) is 14.6. The second-order valence-corrected chi connectivity index (χ2v) is 7.26. The van der Waals surface area contributed by atoms with Crippen molar-refractivity contribution >= 4 is 16.8 Å². The number of hydrogen-bond donors (Lipinski definition) is 1. The molecule has 1 aliphatic rings. The van der Waals surface area contributed by atoms with Crippen molar-refractivity contribution in [3.05, 3.63) is 107 Å². The highest BCUT2D eigenvalue weighted by Gasteiger charge is 2.39. The number of fused-ring (bicyclic) bond motifs is 3. The summed E-state index contributed by atoms with van der Waals surface area (Å²) in [7, 11) is 1.64. The van der Waals surface area contributed by atoms with Crippen molar-refractivity contribution in [3.8, 4) is 17.2 Å². The van der Waals surface area contributed by atoms with Crippen LogP contribution in [0, 0.1) is 5.82 Å². The number of benzene rings is 4. The number of aromatic hydroxyl groups is 1. The highest BCUT2D eigenvalue weighted by atomic mass is 19.1. The minimum absolute atomic E-state index is 0.141. The Balaban J connectivity index is 1.72. The van der Waals surface area contributed by atoms with Gasteiger partial charge in [0.1, 0.15) is 23.1 Å². The van der Waals surface area contributed by atoms with Crippen LogP contribution < -0.4 is 9.47 Å². The van der Waals surface area contributed by atoms with Crippen molar-refractivity contribution in [1.82, 2.24) is 0 Å². The van der Waals surface area contributed by atoms with Crippen molar-refractivity contribution in [1.29, 1.82) is 0 Å². The Kier molecular flexibility index (Phi) is 4.21. The maximum absolute atomic E-state index is 14.9. The van der Waals surface area contributed by atoms with Gasteiger partial charge in [0, 0.05) is 16.7 Å². The summed E-state index contributed by atoms with van der Waals surface area (Å²) < 4.78 is 26.8. The summed E-state index contributed by atoms with van der Waals surface area (Å²) in [5, 5.41) is 11.8. The average Bonchev–Trinajstić information content (AvgIpc) is 2.79. The Morgan fingerprint density at radius 1 is 0.933 bits per heavy atom. The van der Waals surface area contributed by atoms with Crippen molar-refractivity contribution in [2.45, 2.75) is 5.60 Å². The zero-order valence-corrected chi connectivity index (χ0v) is 16.3. The third-order valence-corrected chi connectivity index (χ3v) is 5.55. The highest BCUT2D eigenvalue weighted by Crippen LogP contribution is 2.45. The van der Waals surface area contributed by atoms with Crippen LogP contribution in [0.3, 0.4) is 0 Å². The van der Waals surface area contributed by atoms with Gasteiger partial charge in [-0.15, -0.1) is 0 Å². The molecule has 0 spiro atoms. The number of rotatable bonds is 3. The molecule has 148 valence electrons. The van der Waals surface area contributed by atoms with Crippen LogP contribution in [0.25, 0.3) is 16.8 Å². The maximum Gasteiger partial charge on any atom is 0.180 e. The van der Waals surface area contributed by atoms with E-state index in [1.807, 2.05) is 42.5 Å². The van der Waals surface area contributed by atoms with Gasteiger partial charge in [0.05, 0.1) is 7.11 Å². The third kappa shape index (κ3) is 2.80. The molecule has 0 aromatic heterocycles. The fraction of sp³-hybridized carbons (Fsp3) is 0.0769. The molecule has 4 heteroatoms. The lowest BCUT2D eigenvalue weighted by Gasteiger charge is -2.36. The first-order valence-electron chi connectivity index (χ1n) is 9.64. The lowest BCUT2D eigenvalue weighted by Crippen LogP contribution is -2.35. The number of phenolic OH excluding ortho intramolecular Hbond substituents is 1. The van der Waals surface area contributed by atoms with E-state index in [0.717, 1.165) is 27.6 Å². The second kappa shape index (κ2) is 6.92. The van der Waals surface area contributed by atoms with Crippen LogP contribution in [0.15, 0.2) is 84.9 Å². The maximum atomic E-state index is 14.9. The molecule has 1 heterocycles. The molecule has 1 atom stereocenters. The molecule has 0 amide bonds. The largest absolute Gasteiger partial charge is 0.508 e. The zero-order chi connectivity index (χ0) is 20.7. The van der Waals surface area contributed by atoms with Crippen LogP contribution in [-0.2, 0) is 5.60 Å². The highest BCUT2D eigenvalue weighted by molar-refractivity contribution is 5.94. The van der Waals surface area contributed by atoms with Gasteiger partial charge < -0.3 is 14.6 Å². The second-order valence-electron chi connectivity index (χ2n) is 7.26. The van der Waals surface area contributed by atoms with Gasteiger partial charge in [-0.3, -0.25) is 0 Å². The van der Waals surface area contributed by atoms with Gasteiger partial charge in [-0.2, -0.15) is 0 Å². The number of halogens is 1. The van der Waals surface area contributed by atoms with E-state index in [9.17, 15) is 9.50 Å². The fourth-order valence-electron chi connectivity index (χ4n) is 4.03. The summed E-state index contributed by atoms with van der Waals surface area (Å²) in [6, 6.07) is 23.0. The van der Waals surface area contributed by atoms with Gasteiger partial charge in [0.2, 0.25) is 0 Å². The van der Waals surface area contributed by atoms with Gasteiger partial charge in [0.15, 0.2) is 5.60 Å². The van der Waals surface area contributed by atoms with Gasteiger partial charge >= 0.3 is 0 Å². The molecule has 0 saturated heterocycles. The van der Waals surface area contributed by atoms with Crippen molar-refractivity contribution < 1.29 is 19.0 Å². The third-order valence-electron chi connectivity index (χ3n) is 5.55. The Bertz CT molecular complexity index is 1280. The Morgan fingerprint density at radius 2 is 1.73 bits per heavy atom. The van der Waals surface area contributed by atoms with E-state index in [2.05, 4.69) is 0 Å². The van der Waals surface area contributed by atoms with E-state index < -0.39 is 5.60 Å². The predicted molar refractivity (Wildman–Crippen MR) is 115 cm³/mol. The number of phenols is 1. The molecule has 1 aliphatic heterocycles. The number of hydrogen-bond acceptors (Lipinski definition) is 3. The molecule has 1 unspecified atom stereocenters. The average molecular weight is 398 g/mol. The molecule has 0 aliphatic carbocycles. The molecule has 4 aromatic rings. The monoisotopic (exact) mass is 398 g/mol. The first-order valence-corrected chi connectivity index (χ1v) is 9.64. The van der Waals surface area contributed by atoms with Crippen LogP contribution in [0.2, 0.25) is 0 Å². The number of ether oxygens (including phenoxy) is 2. The molecule has 0 saturated carbocycles. The van der Waals surface area contributed by atoms with Crippen molar-refractivity contribution in [2.75, 3.05) is 7.11 Å². The molecule has 3 nitrogen and oxygen atoms in total. The van der Waals surface area contributed by atoms with Crippen LogP contribution in [-0.4, -0.2) is 12.2 Å². The molecule has 0 fully saturated rings. The minimum Gasteiger partial charge on any atom is -0.508 e. The molecule has 30 heavy (non-hydrogen) atoms. The van der Waals surface area contributed by atoms with E-state index in [-0.39, 0.29) is 11.6 Å². The molecule has 0 bridgehead atoms. The van der Waals surface area contributed by atoms with Crippen molar-refractivity contribution in [3.63, 3.8) is 0 Å². The fourth-order valence-corrected chi connectivity index (χ4v) is 4.03. The molecule has 1 N–H and O–H groups in total. The summed E-state index contributed by atoms with van der Waals surface area (Å²) in [5.41, 5.74) is 0.919. The van der Waals surface area contributed by atoms with Crippen molar-refractivity contribution in [2.24, 2.45) is 0 Å². The molecular weight excluding hydrogens is 379 g/mol. The van der Waals surface area contributed by atoms with Gasteiger partial charge in [-0.05, 0) is 65.4 Å². The molecule has 4 aromatic carbocycles. The summed E-state index contributed by atoms with van der Waals surface area (Å²) in [5.74, 6) is 1.23. The zero-order valence-electron chi connectivity index (χ0n) is 16.3. The number of methoxy groups -OCH3 is 1. The SMILES string of the molecule is COc1ccc2c3c(ccc2c1)OC(c1ccc(O)cc1)(c1ccccc1F)C=C3. The minimum atomic E-state index is -1.15. The lowest BCUT2D eigenvalue weighted by molar-refractivity contribution is 0.156. The normalized spacial score (nSPS) is 17.4. The van der Waals surface area contributed by atoms with Crippen LogP contribution in [0.5, 0.6) is 17.2 Å². The predicted octanol–water partition coefficient (Wildman–Crippen LogP) is 6.04. The summed E-state index contributed by atoms with van der Waals surface area (Å²) in [6.07, 6.45) is 3.86. The van der Waals surface area contributed by atoms with Gasteiger partial charge in [-0.25, -0.2) is 4.39 Å². The van der Waals surface area contributed by atoms with Crippen LogP contribution >= 0.6 is 0 Å². The first kappa shape index (κ1) is 18.3. The van der Waals surface area contributed by atoms with Crippen LogP contribution in [0.1, 0.15) is 16.7 Å². The Hall–Kier alpha value is -3.79. The summed E-state index contributed by atoms with van der Waals surface area (Å²) in [6.45, 7) is 0. The van der Waals surface area contributed by atoms with Gasteiger partial charge in [0.25, 0.3) is 0 Å². The van der Waals surface area contributed by atoms with E-state index in [0.29, 0.717) is 11.3 Å². The lowest BCUT2D eigenvalue weighted by atomic mass is 9.83. The van der Waals surface area contributed by atoms with E-state index in [4.69, 9.17) is 9.47 Å². The Labute approximate surface area is 173 Å².